The lowest BCUT2D eigenvalue weighted by atomic mass is 10.1. The number of rotatable bonds is 2. The first-order valence-corrected chi connectivity index (χ1v) is 5.23. The van der Waals surface area contributed by atoms with E-state index in [0.29, 0.717) is 10.7 Å². The highest BCUT2D eigenvalue weighted by molar-refractivity contribution is 6.30. The second-order valence-electron chi connectivity index (χ2n) is 3.29. The molecule has 80 valence electrons. The van der Waals surface area contributed by atoms with Crippen LogP contribution in [-0.2, 0) is 6.42 Å². The molecule has 1 aromatic carbocycles. The van der Waals surface area contributed by atoms with Crippen molar-refractivity contribution in [3.05, 3.63) is 40.7 Å². The monoisotopic (exact) mass is 232 g/mol. The van der Waals surface area contributed by atoms with Crippen molar-refractivity contribution >= 4 is 11.6 Å². The fraction of sp³-hybridized carbons (Fsp3) is 0.182. The van der Waals surface area contributed by atoms with Gasteiger partial charge in [-0.2, -0.15) is 5.26 Å². The molecule has 0 saturated carbocycles. The van der Waals surface area contributed by atoms with E-state index in [4.69, 9.17) is 16.9 Å². The van der Waals surface area contributed by atoms with Crippen LogP contribution in [-0.4, -0.2) is 15.0 Å². The number of aromatic nitrogens is 3. The minimum Gasteiger partial charge on any atom is -0.219 e. The summed E-state index contributed by atoms with van der Waals surface area (Å²) in [6.45, 7) is 2.04. The minimum atomic E-state index is 0.303. The van der Waals surface area contributed by atoms with Gasteiger partial charge in [0.15, 0.2) is 5.69 Å². The average molecular weight is 233 g/mol. The molecule has 4 nitrogen and oxygen atoms in total. The van der Waals surface area contributed by atoms with Gasteiger partial charge in [-0.1, -0.05) is 23.7 Å². The fourth-order valence-corrected chi connectivity index (χ4v) is 1.69. The first-order chi connectivity index (χ1) is 7.74. The van der Waals surface area contributed by atoms with Crippen LogP contribution in [0.5, 0.6) is 0 Å². The Morgan fingerprint density at radius 3 is 2.94 bits per heavy atom. The SMILES string of the molecule is CCc1cc(Cl)ccc1-n1cc(C#N)nn1. The quantitative estimate of drug-likeness (QED) is 0.799. The number of hydrogen-bond donors (Lipinski definition) is 0. The summed E-state index contributed by atoms with van der Waals surface area (Å²) >= 11 is 5.92. The lowest BCUT2D eigenvalue weighted by Crippen LogP contribution is -1.99. The van der Waals surface area contributed by atoms with Crippen molar-refractivity contribution in [1.29, 1.82) is 5.26 Å². The van der Waals surface area contributed by atoms with Crippen LogP contribution in [0.4, 0.5) is 0 Å². The van der Waals surface area contributed by atoms with Gasteiger partial charge in [-0.15, -0.1) is 5.10 Å². The zero-order chi connectivity index (χ0) is 11.5. The summed E-state index contributed by atoms with van der Waals surface area (Å²) in [5.74, 6) is 0. The van der Waals surface area contributed by atoms with Crippen LogP contribution >= 0.6 is 11.6 Å². The van der Waals surface area contributed by atoms with Crippen LogP contribution in [0.25, 0.3) is 5.69 Å². The number of benzene rings is 1. The van der Waals surface area contributed by atoms with Gasteiger partial charge in [-0.25, -0.2) is 4.68 Å². The lowest BCUT2D eigenvalue weighted by molar-refractivity contribution is 0.793. The van der Waals surface area contributed by atoms with Crippen molar-refractivity contribution < 1.29 is 0 Å². The maximum Gasteiger partial charge on any atom is 0.183 e. The van der Waals surface area contributed by atoms with Crippen LogP contribution in [0.1, 0.15) is 18.2 Å². The van der Waals surface area contributed by atoms with Gasteiger partial charge in [0.05, 0.1) is 11.9 Å². The molecule has 16 heavy (non-hydrogen) atoms. The van der Waals surface area contributed by atoms with Gasteiger partial charge in [-0.3, -0.25) is 0 Å². The summed E-state index contributed by atoms with van der Waals surface area (Å²) in [5, 5.41) is 17.0. The van der Waals surface area contributed by atoms with Crippen LogP contribution in [0.2, 0.25) is 5.02 Å². The van der Waals surface area contributed by atoms with Crippen LogP contribution in [0.15, 0.2) is 24.4 Å². The Morgan fingerprint density at radius 1 is 1.50 bits per heavy atom. The molecule has 0 fully saturated rings. The molecule has 0 aliphatic carbocycles. The van der Waals surface area contributed by atoms with Crippen molar-refractivity contribution in [3.63, 3.8) is 0 Å². The summed E-state index contributed by atoms with van der Waals surface area (Å²) < 4.78 is 1.59. The second kappa shape index (κ2) is 4.33. The first-order valence-electron chi connectivity index (χ1n) is 4.86. The van der Waals surface area contributed by atoms with E-state index in [0.717, 1.165) is 17.7 Å². The minimum absolute atomic E-state index is 0.303. The van der Waals surface area contributed by atoms with Gasteiger partial charge in [0.25, 0.3) is 0 Å². The molecule has 2 rings (SSSR count). The first kappa shape index (κ1) is 10.7. The van der Waals surface area contributed by atoms with Crippen LogP contribution < -0.4 is 0 Å². The molecule has 5 heteroatoms. The van der Waals surface area contributed by atoms with Gasteiger partial charge in [0.1, 0.15) is 6.07 Å². The van der Waals surface area contributed by atoms with Crippen molar-refractivity contribution in [2.75, 3.05) is 0 Å². The van der Waals surface area contributed by atoms with E-state index in [1.54, 1.807) is 16.9 Å². The highest BCUT2D eigenvalue weighted by Gasteiger charge is 2.06. The summed E-state index contributed by atoms with van der Waals surface area (Å²) in [6, 6.07) is 7.51. The number of nitrogens with zero attached hydrogens (tertiary/aromatic N) is 4. The molecule has 0 amide bonds. The van der Waals surface area contributed by atoms with Gasteiger partial charge < -0.3 is 0 Å². The Kier molecular flexibility index (Phi) is 2.88. The van der Waals surface area contributed by atoms with E-state index in [1.165, 1.54) is 0 Å². The van der Waals surface area contributed by atoms with E-state index in [2.05, 4.69) is 10.3 Å². The Morgan fingerprint density at radius 2 is 2.31 bits per heavy atom. The maximum absolute atomic E-state index is 8.68. The molecule has 0 radical (unpaired) electrons. The van der Waals surface area contributed by atoms with Gasteiger partial charge in [0.2, 0.25) is 0 Å². The Labute approximate surface area is 98.1 Å². The predicted molar refractivity (Wildman–Crippen MR) is 60.5 cm³/mol. The fourth-order valence-electron chi connectivity index (χ4n) is 1.49. The van der Waals surface area contributed by atoms with E-state index >= 15 is 0 Å². The summed E-state index contributed by atoms with van der Waals surface area (Å²) in [7, 11) is 0. The Balaban J connectivity index is 2.51. The largest absolute Gasteiger partial charge is 0.219 e. The molecule has 1 aromatic heterocycles. The van der Waals surface area contributed by atoms with E-state index in [1.807, 2.05) is 25.1 Å². The third-order valence-electron chi connectivity index (χ3n) is 2.28. The summed E-state index contributed by atoms with van der Waals surface area (Å²) in [4.78, 5) is 0. The standard InChI is InChI=1S/C11H9ClN4/c1-2-8-5-9(12)3-4-11(8)16-7-10(6-13)14-15-16/h3-5,7H,2H2,1H3. The van der Waals surface area contributed by atoms with Crippen molar-refractivity contribution in [1.82, 2.24) is 15.0 Å². The smallest absolute Gasteiger partial charge is 0.183 e. The van der Waals surface area contributed by atoms with Gasteiger partial charge in [-0.05, 0) is 30.2 Å². The third kappa shape index (κ3) is 1.90. The normalized spacial score (nSPS) is 10.1. The lowest BCUT2D eigenvalue weighted by Gasteiger charge is -2.06. The van der Waals surface area contributed by atoms with Crippen LogP contribution in [0, 0.1) is 11.3 Å². The van der Waals surface area contributed by atoms with E-state index in [9.17, 15) is 0 Å². The highest BCUT2D eigenvalue weighted by Crippen LogP contribution is 2.19. The number of aryl methyl sites for hydroxylation is 1. The van der Waals surface area contributed by atoms with Gasteiger partial charge >= 0.3 is 0 Å². The van der Waals surface area contributed by atoms with Gasteiger partial charge in [0, 0.05) is 5.02 Å². The Hall–Kier alpha value is -1.86. The highest BCUT2D eigenvalue weighted by atomic mass is 35.5. The molecule has 0 aliphatic heterocycles. The zero-order valence-electron chi connectivity index (χ0n) is 8.68. The molecule has 2 aromatic rings. The van der Waals surface area contributed by atoms with E-state index < -0.39 is 0 Å². The van der Waals surface area contributed by atoms with Crippen molar-refractivity contribution in [3.8, 4) is 11.8 Å². The number of halogens is 1. The molecule has 0 bridgehead atoms. The summed E-state index contributed by atoms with van der Waals surface area (Å²) in [6.07, 6.45) is 2.44. The maximum atomic E-state index is 8.68. The molecule has 1 heterocycles. The van der Waals surface area contributed by atoms with Crippen molar-refractivity contribution in [2.45, 2.75) is 13.3 Å². The molecule has 0 aliphatic rings. The number of hydrogen-bond acceptors (Lipinski definition) is 3. The molecule has 0 N–H and O–H groups in total. The molecule has 0 saturated heterocycles. The second-order valence-corrected chi connectivity index (χ2v) is 3.72. The summed E-state index contributed by atoms with van der Waals surface area (Å²) in [5.41, 5.74) is 2.28. The number of nitriles is 1. The predicted octanol–water partition coefficient (Wildman–Crippen LogP) is 2.35. The molecule has 0 atom stereocenters. The molecule has 0 spiro atoms. The third-order valence-corrected chi connectivity index (χ3v) is 2.51. The van der Waals surface area contributed by atoms with Crippen LogP contribution in [0.3, 0.4) is 0 Å². The zero-order valence-corrected chi connectivity index (χ0v) is 9.44. The Bertz CT molecular complexity index is 553. The van der Waals surface area contributed by atoms with Crippen molar-refractivity contribution in [2.24, 2.45) is 0 Å². The molecule has 0 unspecified atom stereocenters. The van der Waals surface area contributed by atoms with E-state index in [-0.39, 0.29) is 0 Å². The molecular weight excluding hydrogens is 224 g/mol. The molecular formula is C11H9ClN4. The topological polar surface area (TPSA) is 54.5 Å². The average Bonchev–Trinajstić information content (AvgIpc) is 2.77.